The lowest BCUT2D eigenvalue weighted by Crippen LogP contribution is -2.03. The Labute approximate surface area is 194 Å². The summed E-state index contributed by atoms with van der Waals surface area (Å²) in [4.78, 5) is 0. The molecule has 0 saturated carbocycles. The van der Waals surface area contributed by atoms with Gasteiger partial charge in [-0.05, 0) is 67.5 Å². The van der Waals surface area contributed by atoms with E-state index in [1.807, 2.05) is 0 Å². The Balaban J connectivity index is 2.18. The van der Waals surface area contributed by atoms with Crippen molar-refractivity contribution in [3.05, 3.63) is 87.5 Å². The molecule has 0 fully saturated rings. The summed E-state index contributed by atoms with van der Waals surface area (Å²) < 4.78 is 1.42. The maximum atomic E-state index is 11.6. The molecule has 0 bridgehead atoms. The van der Waals surface area contributed by atoms with E-state index in [0.717, 1.165) is 72.2 Å². The van der Waals surface area contributed by atoms with E-state index in [4.69, 9.17) is 0 Å². The van der Waals surface area contributed by atoms with E-state index in [9.17, 15) is 5.53 Å². The molecule has 0 aliphatic carbocycles. The zero-order chi connectivity index (χ0) is 22.9. The fourth-order valence-corrected chi connectivity index (χ4v) is 4.27. The third-order valence-corrected chi connectivity index (χ3v) is 6.05. The molecule has 0 spiro atoms. The van der Waals surface area contributed by atoms with Crippen LogP contribution in [0.1, 0.15) is 88.5 Å². The number of rotatable bonds is 9. The Morgan fingerprint density at radius 2 is 1.41 bits per heavy atom. The Hall–Kier alpha value is -2.92. The lowest BCUT2D eigenvalue weighted by atomic mass is 9.94. The highest BCUT2D eigenvalue weighted by Gasteiger charge is 2.35. The zero-order valence-corrected chi connectivity index (χ0v) is 20.2. The first-order chi connectivity index (χ1) is 15.6. The lowest BCUT2D eigenvalue weighted by Gasteiger charge is -2.11. The average molecular weight is 425 g/mol. The van der Waals surface area contributed by atoms with Gasteiger partial charge in [0.15, 0.2) is 0 Å². The van der Waals surface area contributed by atoms with Gasteiger partial charge in [-0.15, -0.1) is 0 Å². The molecule has 0 saturated heterocycles. The maximum Gasteiger partial charge on any atom is 0.223 e. The van der Waals surface area contributed by atoms with Gasteiger partial charge in [0.05, 0.1) is 0 Å². The number of hydrogen-bond donors (Lipinski definition) is 0. The fraction of sp³-hybridized carbons (Fsp3) is 0.400. The van der Waals surface area contributed by atoms with Crippen LogP contribution in [0.25, 0.3) is 16.9 Å². The minimum Gasteiger partial charge on any atom is -0.493 e. The fourth-order valence-electron chi connectivity index (χ4n) is 4.27. The summed E-state index contributed by atoms with van der Waals surface area (Å²) in [5.74, 6) is 6.71. The summed E-state index contributed by atoms with van der Waals surface area (Å²) in [6.07, 6.45) is 8.25. The predicted molar refractivity (Wildman–Crippen MR) is 136 cm³/mol. The van der Waals surface area contributed by atoms with Gasteiger partial charge in [0.1, 0.15) is 5.57 Å². The van der Waals surface area contributed by atoms with Crippen LogP contribution in [0.4, 0.5) is 0 Å². The number of hydrogen-bond acceptors (Lipinski definition) is 0. The number of allylic oxidation sites excluding steroid dienone is 2. The van der Waals surface area contributed by atoms with Crippen LogP contribution in [0, 0.1) is 11.8 Å². The summed E-state index contributed by atoms with van der Waals surface area (Å²) >= 11 is 0. The molecular weight excluding hydrogens is 388 g/mol. The van der Waals surface area contributed by atoms with E-state index < -0.39 is 0 Å². The van der Waals surface area contributed by atoms with Crippen LogP contribution in [-0.2, 0) is 12.8 Å². The molecule has 3 rings (SSSR count). The Morgan fingerprint density at radius 1 is 0.781 bits per heavy atom. The molecule has 0 radical (unpaired) electrons. The van der Waals surface area contributed by atoms with Crippen LogP contribution in [-0.4, -0.2) is 4.70 Å². The number of benzene rings is 2. The Morgan fingerprint density at radius 3 is 2.06 bits per heavy atom. The quantitative estimate of drug-likeness (QED) is 0.285. The zero-order valence-electron chi connectivity index (χ0n) is 20.2. The first-order valence-electron chi connectivity index (χ1n) is 12.3. The SMILES string of the molecule is CCC#CC1=C(c2cccc(CCCC)c2)[N+](=[N-])C(c2cccc(CC)c2)=C1CCCC. The van der Waals surface area contributed by atoms with Crippen molar-refractivity contribution in [1.29, 1.82) is 0 Å². The molecule has 2 nitrogen and oxygen atoms in total. The molecule has 1 aliphatic heterocycles. The molecule has 1 heterocycles. The molecule has 0 atom stereocenters. The summed E-state index contributed by atoms with van der Waals surface area (Å²) in [5, 5.41) is 0. The van der Waals surface area contributed by atoms with Gasteiger partial charge >= 0.3 is 0 Å². The second-order valence-corrected chi connectivity index (χ2v) is 8.48. The lowest BCUT2D eigenvalue weighted by molar-refractivity contribution is -0.345. The first-order valence-corrected chi connectivity index (χ1v) is 12.3. The normalized spacial score (nSPS) is 13.6. The van der Waals surface area contributed by atoms with Crippen molar-refractivity contribution < 1.29 is 4.70 Å². The maximum absolute atomic E-state index is 11.6. The van der Waals surface area contributed by atoms with E-state index in [0.29, 0.717) is 0 Å². The van der Waals surface area contributed by atoms with Crippen LogP contribution in [0.15, 0.2) is 59.7 Å². The highest BCUT2D eigenvalue weighted by molar-refractivity contribution is 5.85. The summed E-state index contributed by atoms with van der Waals surface area (Å²) in [7, 11) is 0. The van der Waals surface area contributed by atoms with Crippen molar-refractivity contribution in [2.75, 3.05) is 0 Å². The van der Waals surface area contributed by atoms with Gasteiger partial charge in [-0.1, -0.05) is 76.6 Å². The number of aryl methyl sites for hydroxylation is 2. The molecule has 0 N–H and O–H groups in total. The summed E-state index contributed by atoms with van der Waals surface area (Å²) in [5.41, 5.74) is 20.1. The van der Waals surface area contributed by atoms with Gasteiger partial charge in [-0.25, -0.2) is 4.70 Å². The molecule has 166 valence electrons. The largest absolute Gasteiger partial charge is 0.493 e. The van der Waals surface area contributed by atoms with E-state index in [1.165, 1.54) is 28.7 Å². The first kappa shape index (κ1) is 23.7. The number of nitrogens with zero attached hydrogens (tertiary/aromatic N) is 2. The third kappa shape index (κ3) is 5.28. The van der Waals surface area contributed by atoms with Crippen LogP contribution in [0.2, 0.25) is 0 Å². The van der Waals surface area contributed by atoms with Crippen LogP contribution >= 0.6 is 0 Å². The van der Waals surface area contributed by atoms with E-state index in [1.54, 1.807) is 0 Å². The Kier molecular flexibility index (Phi) is 8.63. The smallest absolute Gasteiger partial charge is 0.223 e. The highest BCUT2D eigenvalue weighted by Crippen LogP contribution is 2.42. The predicted octanol–water partition coefficient (Wildman–Crippen LogP) is 8.37. The van der Waals surface area contributed by atoms with Gasteiger partial charge in [0.25, 0.3) is 0 Å². The van der Waals surface area contributed by atoms with Gasteiger partial charge in [-0.2, -0.15) is 0 Å². The standard InChI is InChI=1S/C30H36N2/c1-5-9-14-24-16-13-18-26(22-24)30-28(20-11-7-3)27(19-10-6-2)29(32(30)31)25-17-12-15-23(8-4)21-25/h12-13,15-18,21-22H,5-10,14,19H2,1-4H3. The van der Waals surface area contributed by atoms with E-state index in [2.05, 4.69) is 88.1 Å². The van der Waals surface area contributed by atoms with Crippen molar-refractivity contribution >= 4 is 11.4 Å². The molecule has 2 aromatic carbocycles. The van der Waals surface area contributed by atoms with Gasteiger partial charge in [0, 0.05) is 23.1 Å². The molecule has 2 aromatic rings. The number of unbranched alkanes of at least 4 members (excludes halogenated alkanes) is 2. The molecule has 32 heavy (non-hydrogen) atoms. The molecule has 0 amide bonds. The monoisotopic (exact) mass is 424 g/mol. The second-order valence-electron chi connectivity index (χ2n) is 8.48. The van der Waals surface area contributed by atoms with Crippen molar-refractivity contribution in [2.24, 2.45) is 0 Å². The minimum absolute atomic E-state index is 0.792. The van der Waals surface area contributed by atoms with Crippen molar-refractivity contribution in [3.63, 3.8) is 0 Å². The van der Waals surface area contributed by atoms with Gasteiger partial charge in [0.2, 0.25) is 11.4 Å². The van der Waals surface area contributed by atoms with Crippen molar-refractivity contribution in [3.8, 4) is 11.8 Å². The highest BCUT2D eigenvalue weighted by atomic mass is 15.2. The molecule has 1 aliphatic rings. The van der Waals surface area contributed by atoms with Gasteiger partial charge < -0.3 is 5.53 Å². The molecule has 0 aromatic heterocycles. The average Bonchev–Trinajstić information content (AvgIpc) is 3.10. The summed E-state index contributed by atoms with van der Waals surface area (Å²) in [6.45, 7) is 8.67. The van der Waals surface area contributed by atoms with E-state index in [-0.39, 0.29) is 0 Å². The topological polar surface area (TPSA) is 25.3 Å². The molecular formula is C30H36N2. The third-order valence-electron chi connectivity index (χ3n) is 6.05. The van der Waals surface area contributed by atoms with Crippen molar-refractivity contribution in [2.45, 2.75) is 79.1 Å². The molecule has 2 heteroatoms. The Bertz CT molecular complexity index is 1090. The van der Waals surface area contributed by atoms with Crippen LogP contribution in [0.5, 0.6) is 0 Å². The minimum atomic E-state index is 0.792. The summed E-state index contributed by atoms with van der Waals surface area (Å²) in [6, 6.07) is 17.2. The second kappa shape index (κ2) is 11.6. The van der Waals surface area contributed by atoms with Crippen LogP contribution < -0.4 is 0 Å². The van der Waals surface area contributed by atoms with Gasteiger partial charge in [-0.3, -0.25) is 0 Å². The van der Waals surface area contributed by atoms with Crippen LogP contribution in [0.3, 0.4) is 0 Å². The van der Waals surface area contributed by atoms with E-state index >= 15 is 0 Å². The van der Waals surface area contributed by atoms with Crippen molar-refractivity contribution in [1.82, 2.24) is 0 Å². The molecule has 0 unspecified atom stereocenters.